The van der Waals surface area contributed by atoms with E-state index in [2.05, 4.69) is 34.2 Å². The van der Waals surface area contributed by atoms with E-state index in [0.29, 0.717) is 0 Å². The van der Waals surface area contributed by atoms with Crippen molar-refractivity contribution < 1.29 is 9.47 Å². The van der Waals surface area contributed by atoms with Gasteiger partial charge in [0.2, 0.25) is 6.79 Å². The Hall–Kier alpha value is -1.23. The average Bonchev–Trinajstić information content (AvgIpc) is 2.91. The maximum atomic E-state index is 6.03. The summed E-state index contributed by atoms with van der Waals surface area (Å²) in [6, 6.07) is 12.1. The van der Waals surface area contributed by atoms with Gasteiger partial charge in [0.25, 0.3) is 0 Å². The van der Waals surface area contributed by atoms with Gasteiger partial charge < -0.3 is 14.8 Å². The fourth-order valence-corrected chi connectivity index (χ4v) is 2.91. The largest absolute Gasteiger partial charge is 0.454 e. The predicted octanol–water partition coefficient (Wildman–Crippen LogP) is 4.68. The zero-order chi connectivity index (χ0) is 14.8. The van der Waals surface area contributed by atoms with Gasteiger partial charge in [0.15, 0.2) is 11.5 Å². The number of rotatable bonds is 4. The molecule has 1 atom stereocenters. The highest BCUT2D eigenvalue weighted by Crippen LogP contribution is 2.37. The number of fused-ring (bicyclic) bond motifs is 1. The van der Waals surface area contributed by atoms with Gasteiger partial charge in [-0.3, -0.25) is 0 Å². The quantitative estimate of drug-likeness (QED) is 0.850. The van der Waals surface area contributed by atoms with Crippen molar-refractivity contribution in [3.05, 3.63) is 57.0 Å². The highest BCUT2D eigenvalue weighted by atomic mass is 79.9. The Kier molecular flexibility index (Phi) is 4.38. The molecule has 0 aliphatic carbocycles. The molecule has 2 aromatic carbocycles. The van der Waals surface area contributed by atoms with Crippen LogP contribution in [0.3, 0.4) is 0 Å². The second-order valence-corrected chi connectivity index (χ2v) is 6.25. The van der Waals surface area contributed by atoms with Crippen molar-refractivity contribution in [2.45, 2.75) is 19.5 Å². The molecule has 0 saturated heterocycles. The molecular weight excluding hydrogens is 354 g/mol. The third-order valence-corrected chi connectivity index (χ3v) is 4.46. The van der Waals surface area contributed by atoms with Crippen LogP contribution < -0.4 is 14.8 Å². The summed E-state index contributed by atoms with van der Waals surface area (Å²) in [5.74, 6) is 1.58. The number of benzene rings is 2. The first-order valence-corrected chi connectivity index (χ1v) is 7.87. The maximum Gasteiger partial charge on any atom is 0.231 e. The molecule has 2 aromatic rings. The zero-order valence-corrected chi connectivity index (χ0v) is 13.9. The Morgan fingerprint density at radius 3 is 2.76 bits per heavy atom. The summed E-state index contributed by atoms with van der Waals surface area (Å²) in [5.41, 5.74) is 2.30. The van der Waals surface area contributed by atoms with E-state index < -0.39 is 0 Å². The molecule has 1 N–H and O–H groups in total. The molecular formula is C16H15BrClNO2. The highest BCUT2D eigenvalue weighted by Gasteiger charge is 2.16. The second-order valence-electron chi connectivity index (χ2n) is 4.95. The lowest BCUT2D eigenvalue weighted by molar-refractivity contribution is 0.174. The summed E-state index contributed by atoms with van der Waals surface area (Å²) in [5, 5.41) is 4.24. The topological polar surface area (TPSA) is 30.5 Å². The normalized spacial score (nSPS) is 14.2. The number of nitrogens with one attached hydrogen (secondary N) is 1. The van der Waals surface area contributed by atoms with Crippen LogP contribution >= 0.6 is 27.5 Å². The minimum absolute atomic E-state index is 0.209. The summed E-state index contributed by atoms with van der Waals surface area (Å²) >= 11 is 9.60. The van der Waals surface area contributed by atoms with E-state index in [0.717, 1.165) is 33.1 Å². The van der Waals surface area contributed by atoms with Crippen LogP contribution in [0.2, 0.25) is 5.02 Å². The number of ether oxygens (including phenoxy) is 2. The van der Waals surface area contributed by atoms with Crippen LogP contribution in [-0.2, 0) is 6.54 Å². The Bertz CT molecular complexity index is 663. The number of halogens is 2. The van der Waals surface area contributed by atoms with Crippen molar-refractivity contribution >= 4 is 27.5 Å². The van der Waals surface area contributed by atoms with Crippen LogP contribution in [0.4, 0.5) is 0 Å². The van der Waals surface area contributed by atoms with E-state index in [1.165, 1.54) is 5.56 Å². The highest BCUT2D eigenvalue weighted by molar-refractivity contribution is 9.10. The average molecular weight is 369 g/mol. The molecule has 0 amide bonds. The number of hydrogen-bond acceptors (Lipinski definition) is 3. The third kappa shape index (κ3) is 3.34. The molecule has 0 spiro atoms. The smallest absolute Gasteiger partial charge is 0.231 e. The molecule has 5 heteroatoms. The fourth-order valence-electron chi connectivity index (χ4n) is 2.25. The number of hydrogen-bond donors (Lipinski definition) is 1. The van der Waals surface area contributed by atoms with E-state index >= 15 is 0 Å². The van der Waals surface area contributed by atoms with Crippen molar-refractivity contribution in [2.24, 2.45) is 0 Å². The van der Waals surface area contributed by atoms with Gasteiger partial charge in [-0.2, -0.15) is 0 Å². The molecule has 1 aliphatic heterocycles. The Morgan fingerprint density at radius 1 is 1.24 bits per heavy atom. The Balaban J connectivity index is 1.70. The van der Waals surface area contributed by atoms with Crippen molar-refractivity contribution in [2.75, 3.05) is 6.79 Å². The predicted molar refractivity (Wildman–Crippen MR) is 87.0 cm³/mol. The van der Waals surface area contributed by atoms with E-state index in [4.69, 9.17) is 21.1 Å². The second kappa shape index (κ2) is 6.26. The van der Waals surface area contributed by atoms with Gasteiger partial charge in [0.05, 0.1) is 0 Å². The van der Waals surface area contributed by atoms with Crippen LogP contribution in [0.25, 0.3) is 0 Å². The van der Waals surface area contributed by atoms with Crippen LogP contribution in [0, 0.1) is 0 Å². The first kappa shape index (κ1) is 14.7. The SMILES string of the molecule is C[C@@H](NCc1cc2c(cc1Br)OCO2)c1cccc(Cl)c1. The van der Waals surface area contributed by atoms with Gasteiger partial charge in [0.1, 0.15) is 0 Å². The zero-order valence-electron chi connectivity index (χ0n) is 11.5. The molecule has 21 heavy (non-hydrogen) atoms. The van der Waals surface area contributed by atoms with E-state index in [1.54, 1.807) is 0 Å². The lowest BCUT2D eigenvalue weighted by Gasteiger charge is -2.15. The summed E-state index contributed by atoms with van der Waals surface area (Å²) in [4.78, 5) is 0. The lowest BCUT2D eigenvalue weighted by atomic mass is 10.1. The van der Waals surface area contributed by atoms with Gasteiger partial charge >= 0.3 is 0 Å². The fraction of sp³-hybridized carbons (Fsp3) is 0.250. The lowest BCUT2D eigenvalue weighted by Crippen LogP contribution is -2.18. The van der Waals surface area contributed by atoms with Crippen molar-refractivity contribution in [3.8, 4) is 11.5 Å². The molecule has 1 heterocycles. The Morgan fingerprint density at radius 2 is 2.00 bits per heavy atom. The first-order valence-electron chi connectivity index (χ1n) is 6.70. The van der Waals surface area contributed by atoms with Gasteiger partial charge in [-0.15, -0.1) is 0 Å². The molecule has 0 saturated carbocycles. The molecule has 0 radical (unpaired) electrons. The van der Waals surface area contributed by atoms with Gasteiger partial charge in [-0.25, -0.2) is 0 Å². The Labute approximate surface area is 137 Å². The molecule has 0 unspecified atom stereocenters. The molecule has 0 bridgehead atoms. The molecule has 110 valence electrons. The minimum atomic E-state index is 0.209. The molecule has 1 aliphatic rings. The minimum Gasteiger partial charge on any atom is -0.454 e. The third-order valence-electron chi connectivity index (χ3n) is 3.49. The first-order chi connectivity index (χ1) is 10.1. The van der Waals surface area contributed by atoms with Crippen molar-refractivity contribution in [3.63, 3.8) is 0 Å². The summed E-state index contributed by atoms with van der Waals surface area (Å²) < 4.78 is 11.8. The molecule has 0 fully saturated rings. The maximum absolute atomic E-state index is 6.03. The van der Waals surface area contributed by atoms with Crippen molar-refractivity contribution in [1.82, 2.24) is 5.32 Å². The summed E-state index contributed by atoms with van der Waals surface area (Å²) in [6.07, 6.45) is 0. The molecule has 0 aromatic heterocycles. The van der Waals surface area contributed by atoms with Gasteiger partial charge in [0, 0.05) is 22.1 Å². The van der Waals surface area contributed by atoms with Crippen LogP contribution in [0.15, 0.2) is 40.9 Å². The van der Waals surface area contributed by atoms with E-state index in [-0.39, 0.29) is 12.8 Å². The standard InChI is InChI=1S/C16H15BrClNO2/c1-10(11-3-2-4-13(18)5-11)19-8-12-6-15-16(7-14(12)17)21-9-20-15/h2-7,10,19H,8-9H2,1H3/t10-/m1/s1. The van der Waals surface area contributed by atoms with E-state index in [9.17, 15) is 0 Å². The van der Waals surface area contributed by atoms with Gasteiger partial charge in [-0.05, 0) is 42.3 Å². The summed E-state index contributed by atoms with van der Waals surface area (Å²) in [7, 11) is 0. The van der Waals surface area contributed by atoms with E-state index in [1.807, 2.05) is 30.3 Å². The monoisotopic (exact) mass is 367 g/mol. The van der Waals surface area contributed by atoms with Gasteiger partial charge in [-0.1, -0.05) is 39.7 Å². The summed E-state index contributed by atoms with van der Waals surface area (Å²) in [6.45, 7) is 3.13. The van der Waals surface area contributed by atoms with Crippen LogP contribution in [0.5, 0.6) is 11.5 Å². The molecule has 3 nitrogen and oxygen atoms in total. The molecule has 3 rings (SSSR count). The van der Waals surface area contributed by atoms with Crippen LogP contribution in [0.1, 0.15) is 24.1 Å². The van der Waals surface area contributed by atoms with Crippen LogP contribution in [-0.4, -0.2) is 6.79 Å². The van der Waals surface area contributed by atoms with Crippen molar-refractivity contribution in [1.29, 1.82) is 0 Å².